The fraction of sp³-hybridized carbons (Fsp3) is 0.647. The summed E-state index contributed by atoms with van der Waals surface area (Å²) in [5.74, 6) is 1.72. The predicted molar refractivity (Wildman–Crippen MR) is 82.9 cm³/mol. The van der Waals surface area contributed by atoms with Gasteiger partial charge in [-0.2, -0.15) is 0 Å². The lowest BCUT2D eigenvalue weighted by Gasteiger charge is -2.22. The first-order valence-corrected chi connectivity index (χ1v) is 7.54. The van der Waals surface area contributed by atoms with Crippen LogP contribution in [0.25, 0.3) is 0 Å². The molecular weight excluding hydrogens is 234 g/mol. The summed E-state index contributed by atoms with van der Waals surface area (Å²) in [4.78, 5) is 0. The van der Waals surface area contributed by atoms with Crippen molar-refractivity contribution in [2.45, 2.75) is 52.5 Å². The summed E-state index contributed by atoms with van der Waals surface area (Å²) in [5, 5.41) is 3.65. The lowest BCUT2D eigenvalue weighted by atomic mass is 9.96. The van der Waals surface area contributed by atoms with E-state index in [9.17, 15) is 0 Å². The van der Waals surface area contributed by atoms with E-state index in [1.807, 2.05) is 12.1 Å². The van der Waals surface area contributed by atoms with Gasteiger partial charge in [0.15, 0.2) is 0 Å². The maximum absolute atomic E-state index is 5.40. The summed E-state index contributed by atoms with van der Waals surface area (Å²) in [6, 6.07) is 8.97. The Kier molecular flexibility index (Phi) is 7.57. The van der Waals surface area contributed by atoms with E-state index in [-0.39, 0.29) is 0 Å². The SMILES string of the molecule is CCCNC(CCCc1ccccc1OC)C(C)C. The Morgan fingerprint density at radius 1 is 1.21 bits per heavy atom. The van der Waals surface area contributed by atoms with E-state index in [1.54, 1.807) is 7.11 Å². The molecule has 0 radical (unpaired) electrons. The zero-order valence-corrected chi connectivity index (χ0v) is 12.9. The predicted octanol–water partition coefficient (Wildman–Crippen LogP) is 4.04. The minimum atomic E-state index is 0.634. The van der Waals surface area contributed by atoms with Crippen LogP contribution >= 0.6 is 0 Å². The first kappa shape index (κ1) is 16.0. The topological polar surface area (TPSA) is 21.3 Å². The average molecular weight is 263 g/mol. The molecule has 0 bridgehead atoms. The summed E-state index contributed by atoms with van der Waals surface area (Å²) in [6.45, 7) is 7.95. The molecule has 0 saturated heterocycles. The second kappa shape index (κ2) is 8.98. The van der Waals surface area contributed by atoms with Crippen LogP contribution in [0.15, 0.2) is 24.3 Å². The van der Waals surface area contributed by atoms with Gasteiger partial charge in [0.05, 0.1) is 7.11 Å². The van der Waals surface area contributed by atoms with Crippen LogP contribution in [-0.4, -0.2) is 19.7 Å². The van der Waals surface area contributed by atoms with Crippen LogP contribution in [0, 0.1) is 5.92 Å². The number of methoxy groups -OCH3 is 1. The number of rotatable bonds is 9. The van der Waals surface area contributed by atoms with Gasteiger partial charge < -0.3 is 10.1 Å². The molecule has 0 aromatic heterocycles. The van der Waals surface area contributed by atoms with Crippen molar-refractivity contribution in [3.05, 3.63) is 29.8 Å². The van der Waals surface area contributed by atoms with Crippen molar-refractivity contribution < 1.29 is 4.74 Å². The molecule has 0 fully saturated rings. The molecule has 0 aliphatic rings. The number of para-hydroxylation sites is 1. The van der Waals surface area contributed by atoms with E-state index in [2.05, 4.69) is 38.2 Å². The summed E-state index contributed by atoms with van der Waals surface area (Å²) in [7, 11) is 1.75. The van der Waals surface area contributed by atoms with Crippen molar-refractivity contribution in [1.82, 2.24) is 5.32 Å². The molecule has 1 rings (SSSR count). The molecule has 108 valence electrons. The molecule has 19 heavy (non-hydrogen) atoms. The molecule has 0 aliphatic carbocycles. The molecule has 1 aromatic rings. The third-order valence-corrected chi connectivity index (χ3v) is 3.62. The Hall–Kier alpha value is -1.02. The van der Waals surface area contributed by atoms with Gasteiger partial charge in [0.25, 0.3) is 0 Å². The van der Waals surface area contributed by atoms with E-state index in [1.165, 1.54) is 24.8 Å². The monoisotopic (exact) mass is 263 g/mol. The highest BCUT2D eigenvalue weighted by Crippen LogP contribution is 2.20. The molecular formula is C17H29NO. The quantitative estimate of drug-likeness (QED) is 0.726. The Morgan fingerprint density at radius 2 is 1.95 bits per heavy atom. The molecule has 0 saturated carbocycles. The lowest BCUT2D eigenvalue weighted by Crippen LogP contribution is -2.34. The summed E-state index contributed by atoms with van der Waals surface area (Å²) < 4.78 is 5.40. The van der Waals surface area contributed by atoms with Crippen molar-refractivity contribution >= 4 is 0 Å². The smallest absolute Gasteiger partial charge is 0.122 e. The molecule has 2 heteroatoms. The second-order valence-corrected chi connectivity index (χ2v) is 5.51. The lowest BCUT2D eigenvalue weighted by molar-refractivity contribution is 0.368. The number of hydrogen-bond donors (Lipinski definition) is 1. The van der Waals surface area contributed by atoms with Crippen LogP contribution in [0.2, 0.25) is 0 Å². The van der Waals surface area contributed by atoms with Crippen LogP contribution in [0.4, 0.5) is 0 Å². The fourth-order valence-electron chi connectivity index (χ4n) is 2.42. The summed E-state index contributed by atoms with van der Waals surface area (Å²) in [5.41, 5.74) is 1.32. The van der Waals surface area contributed by atoms with Gasteiger partial charge in [0.1, 0.15) is 5.75 Å². The zero-order chi connectivity index (χ0) is 14.1. The van der Waals surface area contributed by atoms with Gasteiger partial charge in [-0.1, -0.05) is 39.0 Å². The number of nitrogens with one attached hydrogen (secondary N) is 1. The summed E-state index contributed by atoms with van der Waals surface area (Å²) >= 11 is 0. The van der Waals surface area contributed by atoms with Crippen LogP contribution in [0.3, 0.4) is 0 Å². The number of benzene rings is 1. The molecule has 0 heterocycles. The molecule has 1 atom stereocenters. The van der Waals surface area contributed by atoms with Crippen molar-refractivity contribution in [2.75, 3.05) is 13.7 Å². The van der Waals surface area contributed by atoms with Gasteiger partial charge in [0, 0.05) is 6.04 Å². The Morgan fingerprint density at radius 3 is 2.58 bits per heavy atom. The van der Waals surface area contributed by atoms with E-state index < -0.39 is 0 Å². The highest BCUT2D eigenvalue weighted by Gasteiger charge is 2.12. The molecule has 2 nitrogen and oxygen atoms in total. The largest absolute Gasteiger partial charge is 0.496 e. The van der Waals surface area contributed by atoms with Crippen LogP contribution in [0.5, 0.6) is 5.75 Å². The van der Waals surface area contributed by atoms with Crippen LogP contribution in [-0.2, 0) is 6.42 Å². The minimum Gasteiger partial charge on any atom is -0.496 e. The second-order valence-electron chi connectivity index (χ2n) is 5.51. The van der Waals surface area contributed by atoms with E-state index in [0.29, 0.717) is 12.0 Å². The van der Waals surface area contributed by atoms with Crippen molar-refractivity contribution in [3.63, 3.8) is 0 Å². The minimum absolute atomic E-state index is 0.634. The standard InChI is InChI=1S/C17H29NO/c1-5-13-18-16(14(2)3)11-8-10-15-9-6-7-12-17(15)19-4/h6-7,9,12,14,16,18H,5,8,10-11,13H2,1-4H3. The molecule has 0 amide bonds. The molecule has 0 aliphatic heterocycles. The van der Waals surface area contributed by atoms with Gasteiger partial charge in [-0.05, 0) is 49.8 Å². The molecule has 1 unspecified atom stereocenters. The van der Waals surface area contributed by atoms with Gasteiger partial charge in [-0.3, -0.25) is 0 Å². The number of ether oxygens (including phenoxy) is 1. The average Bonchev–Trinajstić information content (AvgIpc) is 2.42. The number of hydrogen-bond acceptors (Lipinski definition) is 2. The maximum atomic E-state index is 5.40. The highest BCUT2D eigenvalue weighted by atomic mass is 16.5. The Labute approximate surface area is 118 Å². The summed E-state index contributed by atoms with van der Waals surface area (Å²) in [6.07, 6.45) is 4.74. The number of aryl methyl sites for hydroxylation is 1. The Bertz CT molecular complexity index is 349. The third kappa shape index (κ3) is 5.65. The van der Waals surface area contributed by atoms with Crippen molar-refractivity contribution in [1.29, 1.82) is 0 Å². The highest BCUT2D eigenvalue weighted by molar-refractivity contribution is 5.33. The van der Waals surface area contributed by atoms with Gasteiger partial charge in [-0.25, -0.2) is 0 Å². The van der Waals surface area contributed by atoms with Gasteiger partial charge >= 0.3 is 0 Å². The fourth-order valence-corrected chi connectivity index (χ4v) is 2.42. The van der Waals surface area contributed by atoms with Crippen molar-refractivity contribution in [3.8, 4) is 5.75 Å². The zero-order valence-electron chi connectivity index (χ0n) is 12.9. The van der Waals surface area contributed by atoms with E-state index >= 15 is 0 Å². The molecule has 0 spiro atoms. The molecule has 1 aromatic carbocycles. The first-order chi connectivity index (χ1) is 9.19. The molecule has 1 N–H and O–H groups in total. The third-order valence-electron chi connectivity index (χ3n) is 3.62. The Balaban J connectivity index is 2.42. The first-order valence-electron chi connectivity index (χ1n) is 7.54. The van der Waals surface area contributed by atoms with Gasteiger partial charge in [-0.15, -0.1) is 0 Å². The van der Waals surface area contributed by atoms with E-state index in [4.69, 9.17) is 4.74 Å². The van der Waals surface area contributed by atoms with Crippen LogP contribution in [0.1, 0.15) is 45.6 Å². The van der Waals surface area contributed by atoms with Crippen molar-refractivity contribution in [2.24, 2.45) is 5.92 Å². The van der Waals surface area contributed by atoms with Crippen LogP contribution < -0.4 is 10.1 Å². The normalized spacial score (nSPS) is 12.7. The maximum Gasteiger partial charge on any atom is 0.122 e. The van der Waals surface area contributed by atoms with Gasteiger partial charge in [0.2, 0.25) is 0 Å². The van der Waals surface area contributed by atoms with E-state index in [0.717, 1.165) is 18.7 Å².